The van der Waals surface area contributed by atoms with Gasteiger partial charge in [0.25, 0.3) is 0 Å². The minimum Gasteiger partial charge on any atom is -0.358 e. The van der Waals surface area contributed by atoms with Crippen LogP contribution in [-0.2, 0) is 19.1 Å². The van der Waals surface area contributed by atoms with Gasteiger partial charge in [0.05, 0.1) is 5.56 Å². The molecule has 90 valence electrons. The predicted molar refractivity (Wildman–Crippen MR) is 58.7 cm³/mol. The van der Waals surface area contributed by atoms with Crippen LogP contribution >= 0.6 is 0 Å². The van der Waals surface area contributed by atoms with Crippen molar-refractivity contribution in [3.05, 3.63) is 35.0 Å². The average Bonchev–Trinajstić information content (AvgIpc) is 2.65. The lowest BCUT2D eigenvalue weighted by atomic mass is 10.0. The summed E-state index contributed by atoms with van der Waals surface area (Å²) in [4.78, 5) is 3.09. The molecule has 0 saturated heterocycles. The van der Waals surface area contributed by atoms with Crippen LogP contribution in [0.15, 0.2) is 18.2 Å². The molecule has 0 fully saturated rings. The van der Waals surface area contributed by atoms with Gasteiger partial charge in [-0.05, 0) is 17.7 Å². The van der Waals surface area contributed by atoms with Crippen LogP contribution in [-0.4, -0.2) is 11.5 Å². The Morgan fingerprint density at radius 1 is 1.18 bits per heavy atom. The second-order valence-electron chi connectivity index (χ2n) is 4.27. The van der Waals surface area contributed by atoms with Gasteiger partial charge in [0.15, 0.2) is 0 Å². The highest BCUT2D eigenvalue weighted by molar-refractivity contribution is 5.85. The first-order valence-electron chi connectivity index (χ1n) is 5.47. The molecular formula is C12H11F3N2. The normalized spacial score (nSPS) is 16.2. The largest absolute Gasteiger partial charge is 0.416 e. The number of halogens is 3. The van der Waals surface area contributed by atoms with Crippen molar-refractivity contribution in [1.82, 2.24) is 10.3 Å². The Kier molecular flexibility index (Phi) is 2.19. The Hall–Kier alpha value is -1.49. The molecule has 0 aliphatic carbocycles. The number of H-pyrrole nitrogens is 1. The molecule has 17 heavy (non-hydrogen) atoms. The SMILES string of the molecule is FC(F)(F)c1ccc2c3c([nH]c2c1)CCNC3. The van der Waals surface area contributed by atoms with Gasteiger partial charge in [-0.3, -0.25) is 0 Å². The van der Waals surface area contributed by atoms with E-state index in [0.29, 0.717) is 5.52 Å². The average molecular weight is 240 g/mol. The third-order valence-corrected chi connectivity index (χ3v) is 3.18. The number of fused-ring (bicyclic) bond motifs is 3. The fourth-order valence-electron chi connectivity index (χ4n) is 2.33. The third-order valence-electron chi connectivity index (χ3n) is 3.18. The first-order chi connectivity index (χ1) is 8.05. The predicted octanol–water partition coefficient (Wildman–Crippen LogP) is 2.83. The minimum atomic E-state index is -4.28. The molecule has 0 bridgehead atoms. The van der Waals surface area contributed by atoms with Gasteiger partial charge in [0.1, 0.15) is 0 Å². The second-order valence-corrected chi connectivity index (χ2v) is 4.27. The lowest BCUT2D eigenvalue weighted by Gasteiger charge is -2.12. The number of hydrogen-bond acceptors (Lipinski definition) is 1. The second kappa shape index (κ2) is 3.50. The van der Waals surface area contributed by atoms with Crippen molar-refractivity contribution in [2.24, 2.45) is 0 Å². The van der Waals surface area contributed by atoms with Crippen LogP contribution in [0.2, 0.25) is 0 Å². The van der Waals surface area contributed by atoms with E-state index in [0.717, 1.165) is 42.2 Å². The molecule has 0 amide bonds. The van der Waals surface area contributed by atoms with Crippen LogP contribution in [0.1, 0.15) is 16.8 Å². The monoisotopic (exact) mass is 240 g/mol. The van der Waals surface area contributed by atoms with Crippen molar-refractivity contribution in [3.63, 3.8) is 0 Å². The summed E-state index contributed by atoms with van der Waals surface area (Å²) in [5.74, 6) is 0. The summed E-state index contributed by atoms with van der Waals surface area (Å²) in [6.45, 7) is 1.59. The highest BCUT2D eigenvalue weighted by atomic mass is 19.4. The lowest BCUT2D eigenvalue weighted by Crippen LogP contribution is -2.22. The molecule has 5 heteroatoms. The molecule has 1 aliphatic heterocycles. The topological polar surface area (TPSA) is 27.8 Å². The number of benzene rings is 1. The number of rotatable bonds is 0. The van der Waals surface area contributed by atoms with E-state index in [1.807, 2.05) is 0 Å². The molecule has 1 aromatic heterocycles. The van der Waals surface area contributed by atoms with Crippen LogP contribution in [0.4, 0.5) is 13.2 Å². The van der Waals surface area contributed by atoms with Gasteiger partial charge in [-0.25, -0.2) is 0 Å². The number of aromatic nitrogens is 1. The summed E-state index contributed by atoms with van der Waals surface area (Å²) >= 11 is 0. The van der Waals surface area contributed by atoms with E-state index >= 15 is 0 Å². The summed E-state index contributed by atoms with van der Waals surface area (Å²) in [5, 5.41) is 4.11. The van der Waals surface area contributed by atoms with E-state index in [2.05, 4.69) is 10.3 Å². The first-order valence-corrected chi connectivity index (χ1v) is 5.47. The van der Waals surface area contributed by atoms with Crippen molar-refractivity contribution in [2.45, 2.75) is 19.1 Å². The number of nitrogens with one attached hydrogen (secondary N) is 2. The molecule has 1 aromatic carbocycles. The number of hydrogen-bond donors (Lipinski definition) is 2. The summed E-state index contributed by atoms with van der Waals surface area (Å²) < 4.78 is 37.7. The zero-order valence-electron chi connectivity index (χ0n) is 8.99. The van der Waals surface area contributed by atoms with Crippen molar-refractivity contribution >= 4 is 10.9 Å². The van der Waals surface area contributed by atoms with Gasteiger partial charge in [0, 0.05) is 36.1 Å². The van der Waals surface area contributed by atoms with Crippen LogP contribution in [0, 0.1) is 0 Å². The Labute approximate surface area is 95.8 Å². The standard InChI is InChI=1S/C12H11F3N2/c13-12(14,15)7-1-2-8-9-6-16-4-3-10(9)17-11(8)5-7/h1-2,5,16-17H,3-4,6H2. The Bertz CT molecular complexity index is 569. The molecule has 0 atom stereocenters. The van der Waals surface area contributed by atoms with Gasteiger partial charge in [-0.1, -0.05) is 6.07 Å². The molecular weight excluding hydrogens is 229 g/mol. The van der Waals surface area contributed by atoms with E-state index < -0.39 is 11.7 Å². The van der Waals surface area contributed by atoms with Crippen molar-refractivity contribution < 1.29 is 13.2 Å². The van der Waals surface area contributed by atoms with Gasteiger partial charge < -0.3 is 10.3 Å². The smallest absolute Gasteiger partial charge is 0.358 e. The van der Waals surface area contributed by atoms with Crippen LogP contribution in [0.3, 0.4) is 0 Å². The maximum Gasteiger partial charge on any atom is 0.416 e. The number of alkyl halides is 3. The fourth-order valence-corrected chi connectivity index (χ4v) is 2.33. The summed E-state index contributed by atoms with van der Waals surface area (Å²) in [6, 6.07) is 3.89. The minimum absolute atomic E-state index is 0.577. The highest BCUT2D eigenvalue weighted by Gasteiger charge is 2.31. The van der Waals surface area contributed by atoms with Crippen LogP contribution in [0.25, 0.3) is 10.9 Å². The molecule has 0 spiro atoms. The van der Waals surface area contributed by atoms with Crippen LogP contribution < -0.4 is 5.32 Å². The van der Waals surface area contributed by atoms with E-state index in [-0.39, 0.29) is 0 Å². The van der Waals surface area contributed by atoms with E-state index in [1.165, 1.54) is 6.07 Å². The Balaban J connectivity index is 2.18. The molecule has 2 N–H and O–H groups in total. The van der Waals surface area contributed by atoms with E-state index in [1.54, 1.807) is 6.07 Å². The molecule has 1 aliphatic rings. The maximum absolute atomic E-state index is 12.6. The molecule has 3 rings (SSSR count). The number of aromatic amines is 1. The Morgan fingerprint density at radius 2 is 2.00 bits per heavy atom. The summed E-state index contributed by atoms with van der Waals surface area (Å²) in [7, 11) is 0. The molecule has 2 nitrogen and oxygen atoms in total. The summed E-state index contributed by atoms with van der Waals surface area (Å²) in [5.41, 5.74) is 2.13. The third kappa shape index (κ3) is 1.70. The fraction of sp³-hybridized carbons (Fsp3) is 0.333. The van der Waals surface area contributed by atoms with Crippen LogP contribution in [0.5, 0.6) is 0 Å². The highest BCUT2D eigenvalue weighted by Crippen LogP contribution is 2.33. The van der Waals surface area contributed by atoms with Gasteiger partial charge in [-0.15, -0.1) is 0 Å². The zero-order valence-corrected chi connectivity index (χ0v) is 8.99. The molecule has 0 radical (unpaired) electrons. The summed E-state index contributed by atoms with van der Waals surface area (Å²) in [6.07, 6.45) is -3.44. The van der Waals surface area contributed by atoms with E-state index in [9.17, 15) is 13.2 Å². The molecule has 0 saturated carbocycles. The van der Waals surface area contributed by atoms with E-state index in [4.69, 9.17) is 0 Å². The molecule has 0 unspecified atom stereocenters. The first kappa shape index (κ1) is 10.7. The van der Waals surface area contributed by atoms with Gasteiger partial charge >= 0.3 is 6.18 Å². The van der Waals surface area contributed by atoms with Crippen molar-refractivity contribution in [3.8, 4) is 0 Å². The molecule has 2 aromatic rings. The maximum atomic E-state index is 12.6. The zero-order chi connectivity index (χ0) is 12.0. The quantitative estimate of drug-likeness (QED) is 0.728. The lowest BCUT2D eigenvalue weighted by molar-refractivity contribution is -0.137. The van der Waals surface area contributed by atoms with Gasteiger partial charge in [-0.2, -0.15) is 13.2 Å². The molecule has 2 heterocycles. The van der Waals surface area contributed by atoms with Gasteiger partial charge in [0.2, 0.25) is 0 Å². The van der Waals surface area contributed by atoms with Crippen molar-refractivity contribution in [2.75, 3.05) is 6.54 Å². The van der Waals surface area contributed by atoms with Crippen molar-refractivity contribution in [1.29, 1.82) is 0 Å². The Morgan fingerprint density at radius 3 is 2.76 bits per heavy atom.